The highest BCUT2D eigenvalue weighted by atomic mass is 19.4. The molecule has 0 N–H and O–H groups in total. The fourth-order valence-electron chi connectivity index (χ4n) is 3.98. The number of alkyl halides is 3. The van der Waals surface area contributed by atoms with E-state index in [2.05, 4.69) is 24.8 Å². The van der Waals surface area contributed by atoms with Crippen molar-refractivity contribution in [2.75, 3.05) is 41.9 Å². The monoisotopic (exact) mass is 421 g/mol. The number of nitrogens with zero attached hydrogens (tertiary/aromatic N) is 7. The van der Waals surface area contributed by atoms with Gasteiger partial charge in [0.1, 0.15) is 35.3 Å². The van der Waals surface area contributed by atoms with E-state index in [-0.39, 0.29) is 5.82 Å². The highest BCUT2D eigenvalue weighted by Crippen LogP contribution is 2.37. The Bertz CT molecular complexity index is 890. The first-order valence-electron chi connectivity index (χ1n) is 10.2. The van der Waals surface area contributed by atoms with Crippen molar-refractivity contribution in [1.29, 1.82) is 0 Å². The van der Waals surface area contributed by atoms with Gasteiger partial charge in [0, 0.05) is 51.4 Å². The quantitative estimate of drug-likeness (QED) is 0.734. The molecule has 1 saturated heterocycles. The van der Waals surface area contributed by atoms with Crippen molar-refractivity contribution in [1.82, 2.24) is 19.9 Å². The summed E-state index contributed by atoms with van der Waals surface area (Å²) in [4.78, 5) is 22.9. The standard InChI is InChI=1S/C20H26F3N7/c1-13-26-16(20(21,22)23)10-19(27-13)29-8-6-15(7-9-29)30(14-4-5-14)18-11-17(28(2)3)24-12-25-18/h10-12,14-15H,4-9H2,1-3H3. The molecule has 0 amide bonds. The van der Waals surface area contributed by atoms with Crippen molar-refractivity contribution in [3.05, 3.63) is 30.0 Å². The molecule has 2 fully saturated rings. The van der Waals surface area contributed by atoms with E-state index in [0.717, 1.165) is 43.4 Å². The summed E-state index contributed by atoms with van der Waals surface area (Å²) in [6.45, 7) is 2.79. The lowest BCUT2D eigenvalue weighted by molar-refractivity contribution is -0.141. The summed E-state index contributed by atoms with van der Waals surface area (Å²) in [6, 6.07) is 3.83. The van der Waals surface area contributed by atoms with E-state index in [1.165, 1.54) is 6.92 Å². The number of hydrogen-bond donors (Lipinski definition) is 0. The minimum absolute atomic E-state index is 0.138. The molecule has 0 unspecified atom stereocenters. The molecule has 0 spiro atoms. The Labute approximate surface area is 174 Å². The molecule has 2 aromatic rings. The lowest BCUT2D eigenvalue weighted by atomic mass is 10.0. The van der Waals surface area contributed by atoms with Crippen LogP contribution < -0.4 is 14.7 Å². The summed E-state index contributed by atoms with van der Waals surface area (Å²) in [7, 11) is 3.90. The predicted molar refractivity (Wildman–Crippen MR) is 109 cm³/mol. The van der Waals surface area contributed by atoms with Crippen molar-refractivity contribution in [3.63, 3.8) is 0 Å². The molecular formula is C20H26F3N7. The van der Waals surface area contributed by atoms with Crippen LogP contribution in [0.5, 0.6) is 0 Å². The van der Waals surface area contributed by atoms with Crippen molar-refractivity contribution in [3.8, 4) is 0 Å². The number of halogens is 3. The average Bonchev–Trinajstić information content (AvgIpc) is 3.53. The fraction of sp³-hybridized carbons (Fsp3) is 0.600. The molecule has 0 aromatic carbocycles. The molecule has 0 atom stereocenters. The highest BCUT2D eigenvalue weighted by molar-refractivity contribution is 5.52. The number of anilines is 3. The van der Waals surface area contributed by atoms with E-state index in [4.69, 9.17) is 0 Å². The van der Waals surface area contributed by atoms with Crippen LogP contribution in [0.4, 0.5) is 30.6 Å². The number of piperidine rings is 1. The van der Waals surface area contributed by atoms with Gasteiger partial charge in [-0.05, 0) is 32.6 Å². The predicted octanol–water partition coefficient (Wildman–Crippen LogP) is 3.30. The van der Waals surface area contributed by atoms with Gasteiger partial charge in [-0.25, -0.2) is 19.9 Å². The van der Waals surface area contributed by atoms with Crippen LogP contribution in [0.15, 0.2) is 18.5 Å². The van der Waals surface area contributed by atoms with Crippen LogP contribution >= 0.6 is 0 Å². The second-order valence-electron chi connectivity index (χ2n) is 8.14. The van der Waals surface area contributed by atoms with Crippen LogP contribution in [0, 0.1) is 6.92 Å². The molecule has 30 heavy (non-hydrogen) atoms. The van der Waals surface area contributed by atoms with E-state index in [1.54, 1.807) is 6.33 Å². The zero-order valence-electron chi connectivity index (χ0n) is 17.4. The summed E-state index contributed by atoms with van der Waals surface area (Å²) < 4.78 is 39.4. The van der Waals surface area contributed by atoms with Crippen molar-refractivity contribution >= 4 is 17.5 Å². The number of aromatic nitrogens is 4. The third-order valence-electron chi connectivity index (χ3n) is 5.60. The number of hydrogen-bond acceptors (Lipinski definition) is 7. The Morgan fingerprint density at radius 1 is 0.933 bits per heavy atom. The van der Waals surface area contributed by atoms with Gasteiger partial charge in [-0.2, -0.15) is 13.2 Å². The molecule has 1 saturated carbocycles. The number of rotatable bonds is 5. The van der Waals surface area contributed by atoms with E-state index < -0.39 is 11.9 Å². The normalized spacial score (nSPS) is 17.9. The largest absolute Gasteiger partial charge is 0.433 e. The maximum atomic E-state index is 13.1. The van der Waals surface area contributed by atoms with Crippen molar-refractivity contribution in [2.45, 2.75) is 50.9 Å². The highest BCUT2D eigenvalue weighted by Gasteiger charge is 2.38. The maximum Gasteiger partial charge on any atom is 0.433 e. The van der Waals surface area contributed by atoms with Gasteiger partial charge in [0.2, 0.25) is 0 Å². The maximum absolute atomic E-state index is 13.1. The minimum atomic E-state index is -4.47. The molecule has 2 aromatic heterocycles. The summed E-state index contributed by atoms with van der Waals surface area (Å²) in [5.41, 5.74) is -0.885. The van der Waals surface area contributed by atoms with Gasteiger partial charge in [-0.1, -0.05) is 0 Å². The molecule has 162 valence electrons. The van der Waals surface area contributed by atoms with Crippen LogP contribution in [0.3, 0.4) is 0 Å². The Hall–Kier alpha value is -2.65. The molecule has 1 aliphatic carbocycles. The van der Waals surface area contributed by atoms with Gasteiger partial charge in [-0.3, -0.25) is 0 Å². The van der Waals surface area contributed by atoms with Gasteiger partial charge in [0.15, 0.2) is 0 Å². The van der Waals surface area contributed by atoms with Crippen molar-refractivity contribution in [2.24, 2.45) is 0 Å². The van der Waals surface area contributed by atoms with Gasteiger partial charge in [0.05, 0.1) is 0 Å². The van der Waals surface area contributed by atoms with E-state index >= 15 is 0 Å². The van der Waals surface area contributed by atoms with E-state index in [1.807, 2.05) is 30.0 Å². The Balaban J connectivity index is 1.50. The molecule has 2 aliphatic rings. The second-order valence-corrected chi connectivity index (χ2v) is 8.14. The SMILES string of the molecule is Cc1nc(N2CCC(N(c3cc(N(C)C)ncn3)C3CC3)CC2)cc(C(F)(F)F)n1. The third-order valence-corrected chi connectivity index (χ3v) is 5.60. The van der Waals surface area contributed by atoms with Crippen LogP contribution in [-0.2, 0) is 6.18 Å². The molecule has 7 nitrogen and oxygen atoms in total. The lowest BCUT2D eigenvalue weighted by Crippen LogP contribution is -2.46. The van der Waals surface area contributed by atoms with Gasteiger partial charge in [0.25, 0.3) is 0 Å². The molecule has 3 heterocycles. The summed E-state index contributed by atoms with van der Waals surface area (Å²) >= 11 is 0. The summed E-state index contributed by atoms with van der Waals surface area (Å²) in [5, 5.41) is 0. The smallest absolute Gasteiger partial charge is 0.363 e. The average molecular weight is 421 g/mol. The van der Waals surface area contributed by atoms with Crippen LogP contribution in [0.2, 0.25) is 0 Å². The minimum Gasteiger partial charge on any atom is -0.363 e. The first-order chi connectivity index (χ1) is 14.2. The van der Waals surface area contributed by atoms with Gasteiger partial charge < -0.3 is 14.7 Å². The van der Waals surface area contributed by atoms with Crippen LogP contribution in [0.25, 0.3) is 0 Å². The second kappa shape index (κ2) is 7.88. The molecular weight excluding hydrogens is 395 g/mol. The van der Waals surface area contributed by atoms with Crippen LogP contribution in [0.1, 0.15) is 37.2 Å². The topological polar surface area (TPSA) is 61.3 Å². The summed E-state index contributed by atoms with van der Waals surface area (Å²) in [6.07, 6.45) is 1.08. The van der Waals surface area contributed by atoms with Crippen LogP contribution in [-0.4, -0.2) is 59.2 Å². The van der Waals surface area contributed by atoms with Crippen molar-refractivity contribution < 1.29 is 13.2 Å². The Morgan fingerprint density at radius 2 is 1.57 bits per heavy atom. The first-order valence-corrected chi connectivity index (χ1v) is 10.2. The van der Waals surface area contributed by atoms with Gasteiger partial charge in [-0.15, -0.1) is 0 Å². The van der Waals surface area contributed by atoms with Gasteiger partial charge >= 0.3 is 6.18 Å². The fourth-order valence-corrected chi connectivity index (χ4v) is 3.98. The molecule has 4 rings (SSSR count). The first kappa shape index (κ1) is 20.6. The van der Waals surface area contributed by atoms with E-state index in [9.17, 15) is 13.2 Å². The van der Waals surface area contributed by atoms with E-state index in [0.29, 0.717) is 31.0 Å². The molecule has 0 radical (unpaired) electrons. The number of aryl methyl sites for hydroxylation is 1. The molecule has 10 heteroatoms. The zero-order chi connectivity index (χ0) is 21.5. The molecule has 0 bridgehead atoms. The lowest BCUT2D eigenvalue weighted by Gasteiger charge is -2.40. The third kappa shape index (κ3) is 4.41. The molecule has 1 aliphatic heterocycles. The summed E-state index contributed by atoms with van der Waals surface area (Å²) in [5.74, 6) is 2.27. The Morgan fingerprint density at radius 3 is 2.17 bits per heavy atom. The Kier molecular flexibility index (Phi) is 5.42. The zero-order valence-corrected chi connectivity index (χ0v) is 17.4.